The zero-order chi connectivity index (χ0) is 16.4. The summed E-state index contributed by atoms with van der Waals surface area (Å²) in [5, 5.41) is 3.67. The van der Waals surface area contributed by atoms with E-state index in [9.17, 15) is 9.59 Å². The van der Waals surface area contributed by atoms with Crippen LogP contribution in [-0.4, -0.2) is 21.6 Å². The fraction of sp³-hybridized carbons (Fsp3) is 0.188. The number of thioether (sulfide) groups is 1. The third kappa shape index (κ3) is 3.18. The number of nitrogens with one attached hydrogen (secondary N) is 2. The molecule has 3 rings (SSSR count). The van der Waals surface area contributed by atoms with Crippen LogP contribution in [0, 0.1) is 0 Å². The van der Waals surface area contributed by atoms with E-state index in [2.05, 4.69) is 21.9 Å². The number of hydrogen-bond donors (Lipinski definition) is 2. The summed E-state index contributed by atoms with van der Waals surface area (Å²) >= 11 is 7.59. The molecule has 1 amide bonds. The molecule has 1 atom stereocenters. The van der Waals surface area contributed by atoms with Gasteiger partial charge in [0, 0.05) is 23.1 Å². The number of hydrogen-bond acceptors (Lipinski definition) is 4. The van der Waals surface area contributed by atoms with Crippen molar-refractivity contribution in [3.63, 3.8) is 0 Å². The van der Waals surface area contributed by atoms with Crippen LogP contribution in [0.4, 0.5) is 5.82 Å². The Hall–Kier alpha value is -2.05. The highest BCUT2D eigenvalue weighted by Gasteiger charge is 2.31. The van der Waals surface area contributed by atoms with Crippen molar-refractivity contribution in [1.29, 1.82) is 0 Å². The second-order valence-corrected chi connectivity index (χ2v) is 6.48. The molecule has 0 spiro atoms. The second-order valence-electron chi connectivity index (χ2n) is 5.06. The first-order valence-corrected chi connectivity index (χ1v) is 8.38. The number of carbonyl (C=O) groups is 1. The molecular weight excluding hydrogens is 334 g/mol. The minimum Gasteiger partial charge on any atom is -0.310 e. The lowest BCUT2D eigenvalue weighted by molar-refractivity contribution is -0.116. The molecule has 0 saturated heterocycles. The molecule has 1 aliphatic rings. The van der Waals surface area contributed by atoms with Crippen molar-refractivity contribution in [3.05, 3.63) is 63.4 Å². The Morgan fingerprint density at radius 1 is 1.39 bits per heavy atom. The molecule has 0 aliphatic carbocycles. The SMILES string of the molecule is C=CCSc1nc2c(c(=O)[nH]1)[C@H](c1ccccc1Cl)CC(=O)N2. The lowest BCUT2D eigenvalue weighted by atomic mass is 9.87. The molecule has 7 heteroatoms. The number of nitrogens with zero attached hydrogens (tertiary/aromatic N) is 1. The smallest absolute Gasteiger partial charge is 0.257 e. The monoisotopic (exact) mass is 347 g/mol. The molecule has 0 fully saturated rings. The summed E-state index contributed by atoms with van der Waals surface area (Å²) in [7, 11) is 0. The van der Waals surface area contributed by atoms with Gasteiger partial charge in [-0.25, -0.2) is 4.98 Å². The summed E-state index contributed by atoms with van der Waals surface area (Å²) in [4.78, 5) is 31.7. The number of fused-ring (bicyclic) bond motifs is 1. The van der Waals surface area contributed by atoms with E-state index in [4.69, 9.17) is 11.6 Å². The zero-order valence-electron chi connectivity index (χ0n) is 12.1. The van der Waals surface area contributed by atoms with Gasteiger partial charge in [0.25, 0.3) is 5.56 Å². The maximum absolute atomic E-state index is 12.5. The number of aromatic nitrogens is 2. The highest BCUT2D eigenvalue weighted by molar-refractivity contribution is 7.99. The van der Waals surface area contributed by atoms with Gasteiger partial charge in [-0.05, 0) is 11.6 Å². The minimum atomic E-state index is -0.401. The maximum Gasteiger partial charge on any atom is 0.257 e. The topological polar surface area (TPSA) is 74.8 Å². The van der Waals surface area contributed by atoms with Gasteiger partial charge in [0.1, 0.15) is 5.82 Å². The van der Waals surface area contributed by atoms with Gasteiger partial charge in [0.15, 0.2) is 5.16 Å². The van der Waals surface area contributed by atoms with Crippen LogP contribution in [0.2, 0.25) is 5.02 Å². The Bertz CT molecular complexity index is 834. The van der Waals surface area contributed by atoms with E-state index < -0.39 is 5.92 Å². The van der Waals surface area contributed by atoms with Crippen LogP contribution in [-0.2, 0) is 4.79 Å². The van der Waals surface area contributed by atoms with E-state index in [-0.39, 0.29) is 17.9 Å². The maximum atomic E-state index is 12.5. The Labute approximate surface area is 142 Å². The van der Waals surface area contributed by atoms with Crippen LogP contribution in [0.1, 0.15) is 23.5 Å². The Morgan fingerprint density at radius 2 is 2.17 bits per heavy atom. The van der Waals surface area contributed by atoms with E-state index in [0.29, 0.717) is 27.3 Å². The number of amides is 1. The summed E-state index contributed by atoms with van der Waals surface area (Å²) in [6.07, 6.45) is 1.88. The average Bonchev–Trinajstić information content (AvgIpc) is 2.52. The molecular formula is C16H14ClN3O2S. The molecule has 2 heterocycles. The summed E-state index contributed by atoms with van der Waals surface area (Å²) < 4.78 is 0. The van der Waals surface area contributed by atoms with Crippen molar-refractivity contribution in [2.75, 3.05) is 11.1 Å². The van der Waals surface area contributed by atoms with Crippen LogP contribution in [0.5, 0.6) is 0 Å². The molecule has 0 bridgehead atoms. The van der Waals surface area contributed by atoms with Gasteiger partial charge in [-0.2, -0.15) is 0 Å². The largest absolute Gasteiger partial charge is 0.310 e. The molecule has 0 radical (unpaired) electrons. The van der Waals surface area contributed by atoms with Crippen molar-refractivity contribution in [2.24, 2.45) is 0 Å². The lowest BCUT2D eigenvalue weighted by Gasteiger charge is -2.25. The summed E-state index contributed by atoms with van der Waals surface area (Å²) in [5.41, 5.74) is 0.941. The molecule has 23 heavy (non-hydrogen) atoms. The predicted octanol–water partition coefficient (Wildman–Crippen LogP) is 3.18. The van der Waals surface area contributed by atoms with Crippen molar-refractivity contribution in [1.82, 2.24) is 9.97 Å². The van der Waals surface area contributed by atoms with Crippen molar-refractivity contribution in [3.8, 4) is 0 Å². The van der Waals surface area contributed by atoms with E-state index in [1.54, 1.807) is 12.1 Å². The molecule has 2 N–H and O–H groups in total. The molecule has 1 aromatic carbocycles. The van der Waals surface area contributed by atoms with Crippen molar-refractivity contribution < 1.29 is 4.79 Å². The molecule has 0 saturated carbocycles. The quantitative estimate of drug-likeness (QED) is 0.506. The van der Waals surface area contributed by atoms with E-state index in [1.165, 1.54) is 11.8 Å². The third-order valence-electron chi connectivity index (χ3n) is 3.55. The lowest BCUT2D eigenvalue weighted by Crippen LogP contribution is -2.31. The van der Waals surface area contributed by atoms with Gasteiger partial charge in [-0.3, -0.25) is 9.59 Å². The molecule has 1 aliphatic heterocycles. The number of H-pyrrole nitrogens is 1. The van der Waals surface area contributed by atoms with Gasteiger partial charge in [0.2, 0.25) is 5.91 Å². The predicted molar refractivity (Wildman–Crippen MR) is 92.3 cm³/mol. The average molecular weight is 348 g/mol. The van der Waals surface area contributed by atoms with Crippen LogP contribution in [0.15, 0.2) is 46.9 Å². The van der Waals surface area contributed by atoms with Crippen molar-refractivity contribution in [2.45, 2.75) is 17.5 Å². The van der Waals surface area contributed by atoms with E-state index in [1.807, 2.05) is 18.2 Å². The molecule has 0 unspecified atom stereocenters. The van der Waals surface area contributed by atoms with Gasteiger partial charge < -0.3 is 10.3 Å². The molecule has 5 nitrogen and oxygen atoms in total. The Morgan fingerprint density at radius 3 is 2.91 bits per heavy atom. The fourth-order valence-electron chi connectivity index (χ4n) is 2.58. The van der Waals surface area contributed by atoms with Crippen LogP contribution >= 0.6 is 23.4 Å². The normalized spacial score (nSPS) is 16.6. The number of benzene rings is 1. The number of anilines is 1. The van der Waals surface area contributed by atoms with E-state index in [0.717, 1.165) is 5.56 Å². The van der Waals surface area contributed by atoms with Crippen LogP contribution in [0.3, 0.4) is 0 Å². The Balaban J connectivity index is 2.11. The van der Waals surface area contributed by atoms with Gasteiger partial charge in [-0.1, -0.05) is 47.6 Å². The van der Waals surface area contributed by atoms with Crippen molar-refractivity contribution >= 4 is 35.1 Å². The highest BCUT2D eigenvalue weighted by Crippen LogP contribution is 2.37. The van der Waals surface area contributed by atoms with Gasteiger partial charge >= 0.3 is 0 Å². The first kappa shape index (κ1) is 15.8. The number of halogens is 1. The van der Waals surface area contributed by atoms with Gasteiger partial charge in [-0.15, -0.1) is 6.58 Å². The molecule has 2 aromatic rings. The van der Waals surface area contributed by atoms with Crippen LogP contribution < -0.4 is 10.9 Å². The first-order valence-electron chi connectivity index (χ1n) is 7.02. The number of carbonyl (C=O) groups excluding carboxylic acids is 1. The second kappa shape index (κ2) is 6.60. The Kier molecular flexibility index (Phi) is 4.54. The fourth-order valence-corrected chi connectivity index (χ4v) is 3.44. The van der Waals surface area contributed by atoms with Crippen LogP contribution in [0.25, 0.3) is 0 Å². The number of rotatable bonds is 4. The standard InChI is InChI=1S/C16H14ClN3O2S/c1-2-7-23-16-19-14-13(15(22)20-16)10(8-12(21)18-14)9-5-3-4-6-11(9)17/h2-6,10H,1,7-8H2,(H2,18,19,20,21,22)/t10-/m0/s1. The first-order chi connectivity index (χ1) is 11.1. The summed E-state index contributed by atoms with van der Waals surface area (Å²) in [6, 6.07) is 7.23. The highest BCUT2D eigenvalue weighted by atomic mass is 35.5. The van der Waals surface area contributed by atoms with Gasteiger partial charge in [0.05, 0.1) is 5.56 Å². The number of aromatic amines is 1. The molecule has 1 aromatic heterocycles. The molecule has 118 valence electrons. The van der Waals surface area contributed by atoms with E-state index >= 15 is 0 Å². The zero-order valence-corrected chi connectivity index (χ0v) is 13.7. The summed E-state index contributed by atoms with van der Waals surface area (Å²) in [5.74, 6) is 0.340. The summed E-state index contributed by atoms with van der Waals surface area (Å²) in [6.45, 7) is 3.63. The minimum absolute atomic E-state index is 0.167. The third-order valence-corrected chi connectivity index (χ3v) is 4.76.